The molecule has 4 nitrogen and oxygen atoms in total. The SMILES string of the molecule is O=C(CSc1nnc2c(Cl)cc(Cl)cn12)c1ccccc1. The molecule has 0 unspecified atom stereocenters. The van der Waals surface area contributed by atoms with Crippen molar-refractivity contribution in [3.05, 3.63) is 58.2 Å². The summed E-state index contributed by atoms with van der Waals surface area (Å²) < 4.78 is 1.69. The van der Waals surface area contributed by atoms with Crippen LogP contribution in [0.1, 0.15) is 10.4 Å². The molecule has 21 heavy (non-hydrogen) atoms. The van der Waals surface area contributed by atoms with Crippen LogP contribution in [0.25, 0.3) is 5.65 Å². The van der Waals surface area contributed by atoms with Gasteiger partial charge in [-0.05, 0) is 6.07 Å². The molecule has 0 bridgehead atoms. The molecule has 106 valence electrons. The van der Waals surface area contributed by atoms with Crippen LogP contribution in [0.3, 0.4) is 0 Å². The molecule has 0 radical (unpaired) electrons. The van der Waals surface area contributed by atoms with Crippen LogP contribution in [0, 0.1) is 0 Å². The number of carbonyl (C=O) groups is 1. The summed E-state index contributed by atoms with van der Waals surface area (Å²) in [5.74, 6) is 0.306. The summed E-state index contributed by atoms with van der Waals surface area (Å²) in [6.45, 7) is 0. The molecule has 0 saturated carbocycles. The molecule has 0 saturated heterocycles. The number of nitrogens with zero attached hydrogens (tertiary/aromatic N) is 3. The van der Waals surface area contributed by atoms with E-state index in [1.807, 2.05) is 18.2 Å². The Bertz CT molecular complexity index is 805. The molecule has 0 fully saturated rings. The van der Waals surface area contributed by atoms with Crippen LogP contribution in [-0.2, 0) is 0 Å². The van der Waals surface area contributed by atoms with Crippen molar-refractivity contribution in [2.24, 2.45) is 0 Å². The number of aromatic nitrogens is 3. The Hall–Kier alpha value is -1.56. The van der Waals surface area contributed by atoms with E-state index in [2.05, 4.69) is 10.2 Å². The van der Waals surface area contributed by atoms with E-state index in [-0.39, 0.29) is 11.5 Å². The first kappa shape index (κ1) is 14.4. The van der Waals surface area contributed by atoms with Gasteiger partial charge in [-0.15, -0.1) is 10.2 Å². The summed E-state index contributed by atoms with van der Waals surface area (Å²) in [7, 11) is 0. The third-order valence-corrected chi connectivity index (χ3v) is 4.25. The topological polar surface area (TPSA) is 47.3 Å². The van der Waals surface area contributed by atoms with E-state index in [9.17, 15) is 4.79 Å². The Balaban J connectivity index is 1.81. The number of hydrogen-bond donors (Lipinski definition) is 0. The third kappa shape index (κ3) is 3.05. The zero-order chi connectivity index (χ0) is 14.8. The third-order valence-electron chi connectivity index (χ3n) is 2.82. The minimum Gasteiger partial charge on any atom is -0.293 e. The summed E-state index contributed by atoms with van der Waals surface area (Å²) in [6.07, 6.45) is 1.68. The van der Waals surface area contributed by atoms with Crippen LogP contribution >= 0.6 is 35.0 Å². The quantitative estimate of drug-likeness (QED) is 0.533. The van der Waals surface area contributed by atoms with Crippen LogP contribution in [0.2, 0.25) is 10.0 Å². The van der Waals surface area contributed by atoms with Crippen molar-refractivity contribution in [3.8, 4) is 0 Å². The summed E-state index contributed by atoms with van der Waals surface area (Å²) in [6, 6.07) is 10.7. The van der Waals surface area contributed by atoms with Gasteiger partial charge in [-0.3, -0.25) is 9.20 Å². The van der Waals surface area contributed by atoms with Crippen molar-refractivity contribution in [1.29, 1.82) is 0 Å². The largest absolute Gasteiger partial charge is 0.293 e. The zero-order valence-electron chi connectivity index (χ0n) is 10.7. The number of benzene rings is 1. The Morgan fingerprint density at radius 1 is 1.19 bits per heavy atom. The summed E-state index contributed by atoms with van der Waals surface area (Å²) in [5, 5.41) is 9.54. The number of rotatable bonds is 4. The van der Waals surface area contributed by atoms with Crippen molar-refractivity contribution < 1.29 is 4.79 Å². The first-order chi connectivity index (χ1) is 10.1. The number of hydrogen-bond acceptors (Lipinski definition) is 4. The lowest BCUT2D eigenvalue weighted by Crippen LogP contribution is -2.02. The lowest BCUT2D eigenvalue weighted by atomic mass is 10.2. The average molecular weight is 338 g/mol. The molecule has 3 rings (SSSR count). The molecule has 3 aromatic rings. The van der Waals surface area contributed by atoms with E-state index in [0.717, 1.165) is 0 Å². The maximum absolute atomic E-state index is 12.1. The van der Waals surface area contributed by atoms with E-state index < -0.39 is 0 Å². The maximum atomic E-state index is 12.1. The monoisotopic (exact) mass is 337 g/mol. The number of halogens is 2. The molecule has 1 aromatic carbocycles. The van der Waals surface area contributed by atoms with Gasteiger partial charge in [0, 0.05) is 11.8 Å². The molecular formula is C14H9Cl2N3OS. The van der Waals surface area contributed by atoms with E-state index in [4.69, 9.17) is 23.2 Å². The average Bonchev–Trinajstić information content (AvgIpc) is 2.89. The molecule has 7 heteroatoms. The highest BCUT2D eigenvalue weighted by Gasteiger charge is 2.13. The summed E-state index contributed by atoms with van der Waals surface area (Å²) in [4.78, 5) is 12.1. The van der Waals surface area contributed by atoms with Crippen molar-refractivity contribution in [3.63, 3.8) is 0 Å². The molecule has 2 aromatic heterocycles. The van der Waals surface area contributed by atoms with Crippen LogP contribution in [-0.4, -0.2) is 26.1 Å². The van der Waals surface area contributed by atoms with E-state index >= 15 is 0 Å². The fourth-order valence-corrected chi connectivity index (χ4v) is 3.15. The van der Waals surface area contributed by atoms with Gasteiger partial charge in [0.05, 0.1) is 15.8 Å². The number of fused-ring (bicyclic) bond motifs is 1. The normalized spacial score (nSPS) is 11.0. The molecule has 0 aliphatic heterocycles. The molecule has 0 atom stereocenters. The highest BCUT2D eigenvalue weighted by atomic mass is 35.5. The van der Waals surface area contributed by atoms with Gasteiger partial charge >= 0.3 is 0 Å². The van der Waals surface area contributed by atoms with Crippen LogP contribution in [0.5, 0.6) is 0 Å². The van der Waals surface area contributed by atoms with Gasteiger partial charge in [0.1, 0.15) is 0 Å². The molecule has 0 aliphatic rings. The van der Waals surface area contributed by atoms with Gasteiger partial charge in [-0.25, -0.2) is 0 Å². The lowest BCUT2D eigenvalue weighted by Gasteiger charge is -2.02. The Morgan fingerprint density at radius 3 is 2.71 bits per heavy atom. The highest BCUT2D eigenvalue weighted by molar-refractivity contribution is 7.99. The number of thioether (sulfide) groups is 1. The van der Waals surface area contributed by atoms with Gasteiger partial charge in [0.2, 0.25) is 0 Å². The van der Waals surface area contributed by atoms with E-state index in [1.54, 1.807) is 28.8 Å². The summed E-state index contributed by atoms with van der Waals surface area (Å²) in [5.41, 5.74) is 1.20. The molecule has 2 heterocycles. The molecule has 0 amide bonds. The zero-order valence-corrected chi connectivity index (χ0v) is 13.0. The number of ketones is 1. The smallest absolute Gasteiger partial charge is 0.196 e. The minimum atomic E-state index is 0.0328. The van der Waals surface area contributed by atoms with Gasteiger partial charge < -0.3 is 0 Å². The fourth-order valence-electron chi connectivity index (χ4n) is 1.84. The second-order valence-electron chi connectivity index (χ2n) is 4.26. The van der Waals surface area contributed by atoms with Crippen LogP contribution < -0.4 is 0 Å². The predicted octanol–water partition coefficient (Wildman–Crippen LogP) is 4.01. The Labute approximate surface area is 135 Å². The molecule has 0 spiro atoms. The predicted molar refractivity (Wildman–Crippen MR) is 84.5 cm³/mol. The maximum Gasteiger partial charge on any atom is 0.196 e. The van der Waals surface area contributed by atoms with Gasteiger partial charge in [0.15, 0.2) is 16.6 Å². The summed E-state index contributed by atoms with van der Waals surface area (Å²) >= 11 is 13.3. The molecular weight excluding hydrogens is 329 g/mol. The van der Waals surface area contributed by atoms with E-state index in [0.29, 0.717) is 26.4 Å². The Morgan fingerprint density at radius 2 is 1.95 bits per heavy atom. The first-order valence-electron chi connectivity index (χ1n) is 6.06. The minimum absolute atomic E-state index is 0.0328. The van der Waals surface area contributed by atoms with Crippen LogP contribution in [0.4, 0.5) is 0 Å². The number of pyridine rings is 1. The lowest BCUT2D eigenvalue weighted by molar-refractivity contribution is 0.102. The number of Topliss-reactive ketones (excluding diaryl/α,β-unsaturated/α-hetero) is 1. The van der Waals surface area contributed by atoms with Crippen molar-refractivity contribution in [2.75, 3.05) is 5.75 Å². The second kappa shape index (κ2) is 6.05. The molecule has 0 aliphatic carbocycles. The number of carbonyl (C=O) groups excluding carboxylic acids is 1. The first-order valence-corrected chi connectivity index (χ1v) is 7.80. The van der Waals surface area contributed by atoms with E-state index in [1.165, 1.54) is 11.8 Å². The highest BCUT2D eigenvalue weighted by Crippen LogP contribution is 2.25. The van der Waals surface area contributed by atoms with Crippen molar-refractivity contribution in [1.82, 2.24) is 14.6 Å². The van der Waals surface area contributed by atoms with Gasteiger partial charge in [-0.1, -0.05) is 65.3 Å². The van der Waals surface area contributed by atoms with Gasteiger partial charge in [0.25, 0.3) is 0 Å². The van der Waals surface area contributed by atoms with Crippen LogP contribution in [0.15, 0.2) is 47.8 Å². The fraction of sp³-hybridized carbons (Fsp3) is 0.0714. The second-order valence-corrected chi connectivity index (χ2v) is 6.05. The van der Waals surface area contributed by atoms with Gasteiger partial charge in [-0.2, -0.15) is 0 Å². The molecule has 0 N–H and O–H groups in total. The standard InChI is InChI=1S/C14H9Cl2N3OS/c15-10-6-11(16)13-17-18-14(19(13)7-10)21-8-12(20)9-4-2-1-3-5-9/h1-7H,8H2. The van der Waals surface area contributed by atoms with Crippen molar-refractivity contribution in [2.45, 2.75) is 5.16 Å². The Kier molecular flexibility index (Phi) is 4.14. The van der Waals surface area contributed by atoms with Crippen molar-refractivity contribution >= 4 is 46.4 Å².